The molecular weight excluding hydrogens is 311 g/mol. The number of benzene rings is 1. The van der Waals surface area contributed by atoms with Gasteiger partial charge in [-0.3, -0.25) is 0 Å². The van der Waals surface area contributed by atoms with Crippen molar-refractivity contribution < 1.29 is 23.1 Å². The lowest BCUT2D eigenvalue weighted by atomic mass is 10.1. The molecule has 1 aromatic carbocycles. The van der Waals surface area contributed by atoms with E-state index in [1.54, 1.807) is 6.92 Å². The van der Waals surface area contributed by atoms with Gasteiger partial charge in [-0.15, -0.1) is 0 Å². The molecule has 0 aliphatic carbocycles. The Morgan fingerprint density at radius 2 is 1.96 bits per heavy atom. The first-order chi connectivity index (χ1) is 10.8. The number of carboxylic acids is 1. The molecule has 2 aromatic heterocycles. The number of aromatic carboxylic acids is 1. The van der Waals surface area contributed by atoms with E-state index in [-0.39, 0.29) is 16.9 Å². The third-order valence-corrected chi connectivity index (χ3v) is 3.39. The molecule has 0 saturated heterocycles. The standard InChI is InChI=1S/C15H10F3N3O2/c1-8-10-6-9(14(22)23)7-19-13(10)21(20-8)12-5-3-2-4-11(12)15(16,17)18/h2-7H,1H3,(H,22,23). The summed E-state index contributed by atoms with van der Waals surface area (Å²) in [5.41, 5.74) is -0.483. The third-order valence-electron chi connectivity index (χ3n) is 3.39. The lowest BCUT2D eigenvalue weighted by Gasteiger charge is -2.12. The van der Waals surface area contributed by atoms with Crippen molar-refractivity contribution in [2.24, 2.45) is 0 Å². The molecule has 8 heteroatoms. The van der Waals surface area contributed by atoms with Crippen molar-refractivity contribution >= 4 is 17.0 Å². The predicted molar refractivity (Wildman–Crippen MR) is 75.6 cm³/mol. The maximum absolute atomic E-state index is 13.2. The van der Waals surface area contributed by atoms with Gasteiger partial charge in [0.2, 0.25) is 0 Å². The van der Waals surface area contributed by atoms with Gasteiger partial charge in [0.15, 0.2) is 5.65 Å². The second kappa shape index (κ2) is 5.08. The molecule has 0 radical (unpaired) electrons. The van der Waals surface area contributed by atoms with Gasteiger partial charge in [-0.2, -0.15) is 18.3 Å². The molecule has 0 aliphatic heterocycles. The number of carbonyl (C=O) groups is 1. The maximum Gasteiger partial charge on any atom is 0.418 e. The second-order valence-corrected chi connectivity index (χ2v) is 4.91. The highest BCUT2D eigenvalue weighted by molar-refractivity contribution is 5.92. The molecule has 118 valence electrons. The summed E-state index contributed by atoms with van der Waals surface area (Å²) in [6.45, 7) is 1.59. The van der Waals surface area contributed by atoms with Gasteiger partial charge in [-0.25, -0.2) is 14.5 Å². The number of carboxylic acid groups (broad SMARTS) is 1. The summed E-state index contributed by atoms with van der Waals surface area (Å²) in [5.74, 6) is -1.16. The summed E-state index contributed by atoms with van der Waals surface area (Å²) in [6, 6.07) is 6.37. The minimum atomic E-state index is -4.54. The summed E-state index contributed by atoms with van der Waals surface area (Å²) in [4.78, 5) is 15.0. The van der Waals surface area contributed by atoms with Crippen LogP contribution in [0.4, 0.5) is 13.2 Å². The van der Waals surface area contributed by atoms with E-state index < -0.39 is 17.7 Å². The molecular formula is C15H10F3N3O2. The molecule has 0 saturated carbocycles. The van der Waals surface area contributed by atoms with Crippen molar-refractivity contribution in [3.05, 3.63) is 53.3 Å². The topological polar surface area (TPSA) is 68.0 Å². The van der Waals surface area contributed by atoms with Crippen molar-refractivity contribution in [1.82, 2.24) is 14.8 Å². The summed E-state index contributed by atoms with van der Waals surface area (Å²) in [5, 5.41) is 13.5. The zero-order valence-corrected chi connectivity index (χ0v) is 11.8. The van der Waals surface area contributed by atoms with Gasteiger partial charge in [0.1, 0.15) is 0 Å². The van der Waals surface area contributed by atoms with E-state index in [1.807, 2.05) is 0 Å². The molecule has 0 spiro atoms. The average molecular weight is 321 g/mol. The number of pyridine rings is 1. The van der Waals surface area contributed by atoms with Crippen molar-refractivity contribution in [1.29, 1.82) is 0 Å². The number of rotatable bonds is 2. The largest absolute Gasteiger partial charge is 0.478 e. The number of halogens is 3. The van der Waals surface area contributed by atoms with Gasteiger partial charge < -0.3 is 5.11 Å². The number of hydrogen-bond donors (Lipinski definition) is 1. The quantitative estimate of drug-likeness (QED) is 0.785. The predicted octanol–water partition coefficient (Wildman–Crippen LogP) is 3.45. The normalized spacial score (nSPS) is 11.8. The zero-order chi connectivity index (χ0) is 16.8. The summed E-state index contributed by atoms with van der Waals surface area (Å²) >= 11 is 0. The fourth-order valence-electron chi connectivity index (χ4n) is 2.33. The Labute approximate surface area is 128 Å². The van der Waals surface area contributed by atoms with Crippen LogP contribution in [0.5, 0.6) is 0 Å². The number of nitrogens with zero attached hydrogens (tertiary/aromatic N) is 3. The van der Waals surface area contributed by atoms with E-state index in [9.17, 15) is 18.0 Å². The number of aryl methyl sites for hydroxylation is 1. The van der Waals surface area contributed by atoms with E-state index in [0.29, 0.717) is 11.1 Å². The molecule has 0 fully saturated rings. The fraction of sp³-hybridized carbons (Fsp3) is 0.133. The van der Waals surface area contributed by atoms with Crippen LogP contribution in [0.25, 0.3) is 16.7 Å². The molecule has 0 amide bonds. The number of para-hydroxylation sites is 1. The molecule has 0 aliphatic rings. The summed E-state index contributed by atoms with van der Waals surface area (Å²) in [7, 11) is 0. The lowest BCUT2D eigenvalue weighted by Crippen LogP contribution is -2.11. The van der Waals surface area contributed by atoms with E-state index >= 15 is 0 Å². The first-order valence-electron chi connectivity index (χ1n) is 6.54. The molecule has 0 bridgehead atoms. The van der Waals surface area contributed by atoms with Crippen molar-refractivity contribution in [2.45, 2.75) is 13.1 Å². The van der Waals surface area contributed by atoms with Crippen molar-refractivity contribution in [3.63, 3.8) is 0 Å². The van der Waals surface area contributed by atoms with Gasteiger partial charge in [-0.05, 0) is 25.1 Å². The maximum atomic E-state index is 13.2. The Balaban J connectivity index is 2.29. The number of aromatic nitrogens is 3. The highest BCUT2D eigenvalue weighted by Crippen LogP contribution is 2.34. The van der Waals surface area contributed by atoms with Crippen molar-refractivity contribution in [2.75, 3.05) is 0 Å². The minimum absolute atomic E-state index is 0.0516. The van der Waals surface area contributed by atoms with Gasteiger partial charge in [0, 0.05) is 11.6 Å². The monoisotopic (exact) mass is 321 g/mol. The Morgan fingerprint density at radius 1 is 1.26 bits per heavy atom. The van der Waals surface area contributed by atoms with E-state index in [0.717, 1.165) is 16.9 Å². The highest BCUT2D eigenvalue weighted by Gasteiger charge is 2.34. The van der Waals surface area contributed by atoms with Crippen LogP contribution in [0.15, 0.2) is 36.5 Å². The van der Waals surface area contributed by atoms with Gasteiger partial charge in [0.25, 0.3) is 0 Å². The van der Waals surface area contributed by atoms with Crippen LogP contribution in [-0.4, -0.2) is 25.8 Å². The molecule has 23 heavy (non-hydrogen) atoms. The SMILES string of the molecule is Cc1nn(-c2ccccc2C(F)(F)F)c2ncc(C(=O)O)cc12. The Bertz CT molecular complexity index is 916. The second-order valence-electron chi connectivity index (χ2n) is 4.91. The average Bonchev–Trinajstić information content (AvgIpc) is 2.83. The number of hydrogen-bond acceptors (Lipinski definition) is 3. The first kappa shape index (κ1) is 15.0. The van der Waals surface area contributed by atoms with Crippen LogP contribution in [-0.2, 0) is 6.18 Å². The zero-order valence-electron chi connectivity index (χ0n) is 11.8. The molecule has 0 atom stereocenters. The molecule has 1 N–H and O–H groups in total. The number of fused-ring (bicyclic) bond motifs is 1. The van der Waals surface area contributed by atoms with Crippen LogP contribution >= 0.6 is 0 Å². The molecule has 3 rings (SSSR count). The molecule has 2 heterocycles. The minimum Gasteiger partial charge on any atom is -0.478 e. The van der Waals surface area contributed by atoms with Gasteiger partial charge >= 0.3 is 12.1 Å². The van der Waals surface area contributed by atoms with Crippen molar-refractivity contribution in [3.8, 4) is 5.69 Å². The van der Waals surface area contributed by atoms with Crippen LogP contribution in [0, 0.1) is 6.92 Å². The van der Waals surface area contributed by atoms with E-state index in [2.05, 4.69) is 10.1 Å². The Morgan fingerprint density at radius 3 is 2.61 bits per heavy atom. The Hall–Kier alpha value is -2.90. The lowest BCUT2D eigenvalue weighted by molar-refractivity contribution is -0.137. The van der Waals surface area contributed by atoms with Crippen LogP contribution < -0.4 is 0 Å². The third kappa shape index (κ3) is 2.52. The van der Waals surface area contributed by atoms with Crippen LogP contribution in [0.3, 0.4) is 0 Å². The Kier molecular flexibility index (Phi) is 3.32. The van der Waals surface area contributed by atoms with E-state index in [4.69, 9.17) is 5.11 Å². The highest BCUT2D eigenvalue weighted by atomic mass is 19.4. The van der Waals surface area contributed by atoms with Crippen LogP contribution in [0.2, 0.25) is 0 Å². The molecule has 3 aromatic rings. The summed E-state index contributed by atoms with van der Waals surface area (Å²) < 4.78 is 40.6. The molecule has 5 nitrogen and oxygen atoms in total. The van der Waals surface area contributed by atoms with Gasteiger partial charge in [-0.1, -0.05) is 12.1 Å². The smallest absolute Gasteiger partial charge is 0.418 e. The fourth-order valence-corrected chi connectivity index (χ4v) is 2.33. The molecule has 0 unspecified atom stereocenters. The van der Waals surface area contributed by atoms with E-state index in [1.165, 1.54) is 24.3 Å². The van der Waals surface area contributed by atoms with Gasteiger partial charge in [0.05, 0.1) is 22.5 Å². The number of alkyl halides is 3. The summed E-state index contributed by atoms with van der Waals surface area (Å²) in [6.07, 6.45) is -3.44. The van der Waals surface area contributed by atoms with Crippen LogP contribution in [0.1, 0.15) is 21.6 Å². The first-order valence-corrected chi connectivity index (χ1v) is 6.54.